The van der Waals surface area contributed by atoms with Gasteiger partial charge in [0, 0.05) is 18.0 Å². The number of hydrogen-bond donors (Lipinski definition) is 3. The number of nitrogens with one attached hydrogen (secondary N) is 1. The first kappa shape index (κ1) is 23.0. The molecule has 1 heterocycles. The van der Waals surface area contributed by atoms with Crippen LogP contribution in [0.5, 0.6) is 0 Å². The molecule has 1 aliphatic carbocycles. The largest absolute Gasteiger partial charge is 0.409 e. The third-order valence-corrected chi connectivity index (χ3v) is 7.12. The average molecular weight is 465 g/mol. The number of nitrogens with zero attached hydrogens (tertiary/aromatic N) is 2. The maximum absolute atomic E-state index is 13.2. The van der Waals surface area contributed by atoms with Gasteiger partial charge in [0.05, 0.1) is 15.8 Å². The number of carbonyl (C=O) groups excluding carboxylic acids is 1. The third kappa shape index (κ3) is 5.74. The number of aromatic nitrogens is 1. The van der Waals surface area contributed by atoms with Gasteiger partial charge in [0.1, 0.15) is 5.82 Å². The van der Waals surface area contributed by atoms with Crippen molar-refractivity contribution in [2.45, 2.75) is 42.9 Å². The van der Waals surface area contributed by atoms with Crippen molar-refractivity contribution in [1.29, 1.82) is 0 Å². The number of oxime groups is 1. The van der Waals surface area contributed by atoms with Crippen LogP contribution in [0.3, 0.4) is 0 Å². The molecule has 0 bridgehead atoms. The highest BCUT2D eigenvalue weighted by Gasteiger charge is 2.28. The van der Waals surface area contributed by atoms with E-state index in [9.17, 15) is 13.2 Å². The second-order valence-corrected chi connectivity index (χ2v) is 10.2. The van der Waals surface area contributed by atoms with E-state index in [-0.39, 0.29) is 21.7 Å². The molecule has 10 heteroatoms. The number of nitrogens with two attached hydrogens (primary N) is 1. The van der Waals surface area contributed by atoms with Crippen LogP contribution in [0.25, 0.3) is 0 Å². The first-order chi connectivity index (χ1) is 14.7. The highest BCUT2D eigenvalue weighted by Crippen LogP contribution is 2.36. The van der Waals surface area contributed by atoms with E-state index < -0.39 is 15.8 Å². The molecule has 166 valence electrons. The van der Waals surface area contributed by atoms with Crippen LogP contribution in [0.1, 0.15) is 49.1 Å². The number of amides is 1. The van der Waals surface area contributed by atoms with Gasteiger partial charge in [-0.15, -0.1) is 0 Å². The van der Waals surface area contributed by atoms with Crippen molar-refractivity contribution in [2.75, 3.05) is 11.6 Å². The van der Waals surface area contributed by atoms with Crippen LogP contribution in [-0.4, -0.2) is 36.6 Å². The van der Waals surface area contributed by atoms with Crippen LogP contribution in [0, 0.1) is 5.92 Å². The zero-order chi connectivity index (χ0) is 22.6. The summed E-state index contributed by atoms with van der Waals surface area (Å²) in [6.45, 7) is 0. The van der Waals surface area contributed by atoms with Crippen LogP contribution < -0.4 is 11.1 Å². The highest BCUT2D eigenvalue weighted by atomic mass is 35.5. The Morgan fingerprint density at radius 3 is 2.58 bits per heavy atom. The Hall–Kier alpha value is -2.65. The minimum atomic E-state index is -3.46. The Kier molecular flexibility index (Phi) is 7.17. The number of hydrogen-bond acceptors (Lipinski definition) is 6. The fourth-order valence-corrected chi connectivity index (χ4v) is 5.24. The lowest BCUT2D eigenvalue weighted by molar-refractivity contribution is -0.118. The smallest absolute Gasteiger partial charge is 0.233 e. The predicted molar refractivity (Wildman–Crippen MR) is 119 cm³/mol. The lowest BCUT2D eigenvalue weighted by Crippen LogP contribution is -2.24. The minimum Gasteiger partial charge on any atom is -0.409 e. The summed E-state index contributed by atoms with van der Waals surface area (Å²) in [6.07, 6.45) is 7.54. The van der Waals surface area contributed by atoms with Gasteiger partial charge in [0.15, 0.2) is 15.7 Å². The van der Waals surface area contributed by atoms with Crippen molar-refractivity contribution >= 4 is 39.0 Å². The molecular weight excluding hydrogens is 440 g/mol. The number of rotatable bonds is 7. The molecule has 4 N–H and O–H groups in total. The van der Waals surface area contributed by atoms with Crippen LogP contribution in [-0.2, 0) is 14.6 Å². The van der Waals surface area contributed by atoms with Gasteiger partial charge in [-0.3, -0.25) is 4.79 Å². The van der Waals surface area contributed by atoms with Gasteiger partial charge in [0.25, 0.3) is 0 Å². The van der Waals surface area contributed by atoms with E-state index in [1.165, 1.54) is 12.3 Å². The van der Waals surface area contributed by atoms with Gasteiger partial charge >= 0.3 is 0 Å². The van der Waals surface area contributed by atoms with Crippen LogP contribution in [0.2, 0.25) is 5.02 Å². The quantitative estimate of drug-likeness (QED) is 0.248. The first-order valence-electron chi connectivity index (χ1n) is 9.93. The van der Waals surface area contributed by atoms with E-state index in [1.807, 2.05) is 0 Å². The summed E-state index contributed by atoms with van der Waals surface area (Å²) in [4.78, 5) is 17.4. The number of carbonyl (C=O) groups is 1. The second-order valence-electron chi connectivity index (χ2n) is 7.81. The van der Waals surface area contributed by atoms with Gasteiger partial charge in [-0.05, 0) is 42.2 Å². The fourth-order valence-electron chi connectivity index (χ4n) is 3.90. The molecule has 0 spiro atoms. The molecule has 2 aromatic rings. The number of anilines is 1. The predicted octanol–water partition coefficient (Wildman–Crippen LogP) is 3.54. The summed E-state index contributed by atoms with van der Waals surface area (Å²) in [5.41, 5.74) is 6.62. The van der Waals surface area contributed by atoms with Gasteiger partial charge in [-0.1, -0.05) is 48.5 Å². The molecule has 1 aliphatic rings. The molecule has 31 heavy (non-hydrogen) atoms. The van der Waals surface area contributed by atoms with Gasteiger partial charge < -0.3 is 16.3 Å². The molecule has 0 unspecified atom stereocenters. The molecule has 1 atom stereocenters. The summed E-state index contributed by atoms with van der Waals surface area (Å²) in [5, 5.41) is 14.6. The van der Waals surface area contributed by atoms with Gasteiger partial charge in [-0.2, -0.15) is 0 Å². The fraction of sp³-hybridized carbons (Fsp3) is 0.381. The number of pyridine rings is 1. The molecule has 1 saturated carbocycles. The summed E-state index contributed by atoms with van der Waals surface area (Å²) >= 11 is 6.23. The zero-order valence-corrected chi connectivity index (χ0v) is 18.7. The molecule has 1 fully saturated rings. The molecule has 1 aromatic carbocycles. The van der Waals surface area contributed by atoms with Gasteiger partial charge in [0.2, 0.25) is 5.91 Å². The van der Waals surface area contributed by atoms with Crippen molar-refractivity contribution in [1.82, 2.24) is 4.98 Å². The first-order valence-corrected chi connectivity index (χ1v) is 12.2. The zero-order valence-electron chi connectivity index (χ0n) is 17.1. The average Bonchev–Trinajstić information content (AvgIpc) is 3.24. The summed E-state index contributed by atoms with van der Waals surface area (Å²) in [6, 6.07) is 7.81. The van der Waals surface area contributed by atoms with Crippen molar-refractivity contribution in [3.8, 4) is 0 Å². The Morgan fingerprint density at radius 2 is 2.03 bits per heavy atom. The number of halogens is 1. The molecule has 3 rings (SSSR count). The van der Waals surface area contributed by atoms with Crippen molar-refractivity contribution in [3.63, 3.8) is 0 Å². The standard InChI is InChI=1S/C21H25ClN4O4S/c1-31(29,30)18-8-6-14(11-17(18)22)16(10-13-4-2-3-5-13)21(27)25-19-9-7-15(12-24-19)20(23)26-28/h6-9,11-13,16,28H,2-5,10H2,1H3,(H2,23,26)(H,24,25,27)/t16-/m1/s1. The summed E-state index contributed by atoms with van der Waals surface area (Å²) in [7, 11) is -3.46. The topological polar surface area (TPSA) is 135 Å². The van der Waals surface area contributed by atoms with E-state index in [1.54, 1.807) is 24.3 Å². The molecule has 0 aliphatic heterocycles. The molecule has 1 amide bonds. The van der Waals surface area contributed by atoms with E-state index in [4.69, 9.17) is 22.5 Å². The van der Waals surface area contributed by atoms with E-state index in [0.717, 1.165) is 31.9 Å². The Bertz CT molecular complexity index is 1080. The SMILES string of the molecule is CS(=O)(=O)c1ccc([C@@H](CC2CCCC2)C(=O)Nc2ccc(C(N)=NO)cn2)cc1Cl. The highest BCUT2D eigenvalue weighted by molar-refractivity contribution is 7.90. The van der Waals surface area contributed by atoms with Crippen molar-refractivity contribution in [2.24, 2.45) is 16.8 Å². The van der Waals surface area contributed by atoms with Crippen LogP contribution >= 0.6 is 11.6 Å². The second kappa shape index (κ2) is 9.65. The Morgan fingerprint density at radius 1 is 1.32 bits per heavy atom. The summed E-state index contributed by atoms with van der Waals surface area (Å²) in [5.74, 6) is -0.0845. The molecule has 1 aromatic heterocycles. The minimum absolute atomic E-state index is 0.0401. The maximum Gasteiger partial charge on any atom is 0.233 e. The normalized spacial score (nSPS) is 16.3. The van der Waals surface area contributed by atoms with E-state index in [0.29, 0.717) is 29.3 Å². The monoisotopic (exact) mass is 464 g/mol. The van der Waals surface area contributed by atoms with Crippen molar-refractivity contribution < 1.29 is 18.4 Å². The van der Waals surface area contributed by atoms with Crippen LogP contribution in [0.15, 0.2) is 46.6 Å². The number of amidine groups is 1. The lowest BCUT2D eigenvalue weighted by Gasteiger charge is -2.21. The third-order valence-electron chi connectivity index (χ3n) is 5.54. The maximum atomic E-state index is 13.2. The number of sulfone groups is 1. The molecular formula is C21H25ClN4O4S. The number of benzene rings is 1. The molecule has 8 nitrogen and oxygen atoms in total. The van der Waals surface area contributed by atoms with Gasteiger partial charge in [-0.25, -0.2) is 13.4 Å². The molecule has 0 saturated heterocycles. The van der Waals surface area contributed by atoms with E-state index >= 15 is 0 Å². The van der Waals surface area contributed by atoms with Crippen LogP contribution in [0.4, 0.5) is 5.82 Å². The Labute approximate surface area is 186 Å². The molecule has 0 radical (unpaired) electrons. The summed E-state index contributed by atoms with van der Waals surface area (Å²) < 4.78 is 23.8. The lowest BCUT2D eigenvalue weighted by atomic mass is 9.87. The Balaban J connectivity index is 1.86. The van der Waals surface area contributed by atoms with Crippen molar-refractivity contribution in [3.05, 3.63) is 52.7 Å². The van der Waals surface area contributed by atoms with E-state index in [2.05, 4.69) is 15.5 Å².